The summed E-state index contributed by atoms with van der Waals surface area (Å²) in [6.07, 6.45) is -0.888. The number of alkyl halides is 3. The predicted molar refractivity (Wildman–Crippen MR) is 116 cm³/mol. The maximum atomic E-state index is 13.2. The van der Waals surface area contributed by atoms with Crippen LogP contribution in [0, 0.1) is 13.8 Å². The van der Waals surface area contributed by atoms with E-state index in [2.05, 4.69) is 25.5 Å². The Morgan fingerprint density at radius 2 is 1.91 bits per heavy atom. The number of halogens is 3. The number of benzene rings is 1. The molecule has 10 nitrogen and oxygen atoms in total. The second-order valence-electron chi connectivity index (χ2n) is 7.44. The average molecular weight is 485 g/mol. The number of rotatable bonds is 6. The lowest BCUT2D eigenvalue weighted by Gasteiger charge is -2.14. The molecule has 0 spiro atoms. The van der Waals surface area contributed by atoms with Crippen molar-refractivity contribution in [3.8, 4) is 11.5 Å². The fraction of sp³-hybridized carbons (Fsp3) is 0.182. The van der Waals surface area contributed by atoms with E-state index in [1.165, 1.54) is 29.6 Å². The number of anilines is 1. The smallest absolute Gasteiger partial charge is 0.416 e. The summed E-state index contributed by atoms with van der Waals surface area (Å²) < 4.78 is 47.3. The highest BCUT2D eigenvalue weighted by atomic mass is 19.4. The first-order chi connectivity index (χ1) is 16.6. The van der Waals surface area contributed by atoms with Crippen molar-refractivity contribution in [3.05, 3.63) is 77.8 Å². The van der Waals surface area contributed by atoms with Crippen LogP contribution in [0.15, 0.2) is 55.2 Å². The molecule has 0 aliphatic carbocycles. The molecule has 35 heavy (non-hydrogen) atoms. The van der Waals surface area contributed by atoms with Gasteiger partial charge >= 0.3 is 12.1 Å². The number of carbonyl (C=O) groups excluding carboxylic acids is 2. The van der Waals surface area contributed by atoms with Gasteiger partial charge in [0.05, 0.1) is 28.2 Å². The minimum atomic E-state index is -4.63. The first-order valence-corrected chi connectivity index (χ1v) is 10.1. The number of ether oxygens (including phenoxy) is 1. The minimum Gasteiger partial charge on any atom is -0.452 e. The molecule has 0 fully saturated rings. The molecule has 3 aromatic heterocycles. The van der Waals surface area contributed by atoms with Crippen LogP contribution in [0.2, 0.25) is 0 Å². The van der Waals surface area contributed by atoms with Crippen molar-refractivity contribution in [3.63, 3.8) is 0 Å². The summed E-state index contributed by atoms with van der Waals surface area (Å²) in [6, 6.07) is 7.68. The largest absolute Gasteiger partial charge is 0.452 e. The Balaban J connectivity index is 1.43. The number of nitrogens with one attached hydrogen (secondary N) is 1. The van der Waals surface area contributed by atoms with E-state index in [1.807, 2.05) is 19.9 Å². The van der Waals surface area contributed by atoms with Gasteiger partial charge in [-0.25, -0.2) is 24.1 Å². The molecule has 0 radical (unpaired) electrons. The summed E-state index contributed by atoms with van der Waals surface area (Å²) in [6.45, 7) is 2.97. The summed E-state index contributed by atoms with van der Waals surface area (Å²) in [7, 11) is 0. The van der Waals surface area contributed by atoms with Crippen LogP contribution in [0.5, 0.6) is 0 Å². The van der Waals surface area contributed by atoms with Crippen LogP contribution in [0.4, 0.5) is 18.9 Å². The summed E-state index contributed by atoms with van der Waals surface area (Å²) >= 11 is 0. The molecule has 0 atom stereocenters. The topological polar surface area (TPSA) is 117 Å². The number of hydrogen-bond donors (Lipinski definition) is 1. The minimum absolute atomic E-state index is 0.0884. The molecule has 4 rings (SSSR count). The summed E-state index contributed by atoms with van der Waals surface area (Å²) in [4.78, 5) is 32.6. The Kier molecular flexibility index (Phi) is 6.32. The van der Waals surface area contributed by atoms with Crippen molar-refractivity contribution >= 4 is 17.6 Å². The molecule has 1 amide bonds. The number of hydrogen-bond acceptors (Lipinski definition) is 7. The van der Waals surface area contributed by atoms with Crippen LogP contribution in [0.3, 0.4) is 0 Å². The van der Waals surface area contributed by atoms with Crippen LogP contribution in [-0.4, -0.2) is 48.0 Å². The van der Waals surface area contributed by atoms with E-state index in [0.717, 1.165) is 29.6 Å². The lowest BCUT2D eigenvalue weighted by atomic mass is 10.1. The molecule has 0 aliphatic heterocycles. The van der Waals surface area contributed by atoms with E-state index in [4.69, 9.17) is 4.74 Å². The van der Waals surface area contributed by atoms with E-state index in [-0.39, 0.29) is 16.9 Å². The van der Waals surface area contributed by atoms with Gasteiger partial charge in [0.2, 0.25) is 0 Å². The summed E-state index contributed by atoms with van der Waals surface area (Å²) in [5.41, 5.74) is 0.766. The van der Waals surface area contributed by atoms with Gasteiger partial charge < -0.3 is 10.1 Å². The van der Waals surface area contributed by atoms with Gasteiger partial charge in [0.1, 0.15) is 12.7 Å². The highest BCUT2D eigenvalue weighted by Crippen LogP contribution is 2.33. The molecule has 0 aliphatic rings. The van der Waals surface area contributed by atoms with Crippen LogP contribution in [0.1, 0.15) is 27.3 Å². The molecular formula is C22H18F3N7O3. The number of aryl methyl sites for hydroxylation is 2. The second kappa shape index (κ2) is 9.37. The Hall–Kier alpha value is -4.55. The van der Waals surface area contributed by atoms with Crippen molar-refractivity contribution < 1.29 is 27.5 Å². The van der Waals surface area contributed by atoms with Crippen LogP contribution in [-0.2, 0) is 15.7 Å². The number of pyridine rings is 1. The van der Waals surface area contributed by atoms with Crippen molar-refractivity contribution in [2.45, 2.75) is 20.0 Å². The molecule has 1 N–H and O–H groups in total. The molecule has 0 unspecified atom stereocenters. The summed E-state index contributed by atoms with van der Waals surface area (Å²) in [5, 5.41) is 10.5. The van der Waals surface area contributed by atoms with Crippen molar-refractivity contribution in [2.24, 2.45) is 0 Å². The van der Waals surface area contributed by atoms with Gasteiger partial charge in [-0.2, -0.15) is 23.4 Å². The second-order valence-corrected chi connectivity index (χ2v) is 7.44. The Morgan fingerprint density at radius 3 is 2.51 bits per heavy atom. The van der Waals surface area contributed by atoms with Crippen LogP contribution >= 0.6 is 0 Å². The van der Waals surface area contributed by atoms with Gasteiger partial charge in [0.15, 0.2) is 12.4 Å². The Labute approximate surface area is 196 Å². The number of amides is 1. The van der Waals surface area contributed by atoms with E-state index in [9.17, 15) is 22.8 Å². The van der Waals surface area contributed by atoms with E-state index >= 15 is 0 Å². The van der Waals surface area contributed by atoms with Crippen LogP contribution in [0.25, 0.3) is 11.5 Å². The molecule has 4 aromatic rings. The SMILES string of the molecule is Cc1cc(C)n(-c2ccc(C(=O)OCC(=O)Nc3cc(C(F)(F)F)ccc3-n3cncn3)cn2)n1. The fourth-order valence-corrected chi connectivity index (χ4v) is 3.24. The molecule has 3 heterocycles. The van der Waals surface area contributed by atoms with Crippen molar-refractivity contribution in [1.82, 2.24) is 29.5 Å². The Morgan fingerprint density at radius 1 is 1.11 bits per heavy atom. The predicted octanol–water partition coefficient (Wildman–Crippen LogP) is 3.28. The van der Waals surface area contributed by atoms with Crippen molar-refractivity contribution in [1.29, 1.82) is 0 Å². The third-order valence-electron chi connectivity index (χ3n) is 4.81. The van der Waals surface area contributed by atoms with E-state index in [0.29, 0.717) is 5.82 Å². The van der Waals surface area contributed by atoms with Gasteiger partial charge in [0, 0.05) is 11.9 Å². The molecule has 0 saturated heterocycles. The Bertz CT molecular complexity index is 1360. The fourth-order valence-electron chi connectivity index (χ4n) is 3.24. The summed E-state index contributed by atoms with van der Waals surface area (Å²) in [5.74, 6) is -1.17. The lowest BCUT2D eigenvalue weighted by molar-refractivity contribution is -0.137. The number of esters is 1. The highest BCUT2D eigenvalue weighted by Gasteiger charge is 2.31. The standard InChI is InChI=1S/C22H18F3N7O3/c1-13-7-14(2)32(30-13)19-6-3-15(9-27-19)21(34)35-10-20(33)29-17-8-16(22(23,24)25)4-5-18(17)31-12-26-11-28-31/h3-9,11-12H,10H2,1-2H3,(H,29,33). The zero-order valence-electron chi connectivity index (χ0n) is 18.4. The van der Waals surface area contributed by atoms with Gasteiger partial charge in [-0.05, 0) is 50.2 Å². The maximum Gasteiger partial charge on any atom is 0.416 e. The van der Waals surface area contributed by atoms with Gasteiger partial charge in [0.25, 0.3) is 5.91 Å². The molecule has 1 aromatic carbocycles. The molecule has 13 heteroatoms. The third kappa shape index (κ3) is 5.34. The number of nitrogens with zero attached hydrogens (tertiary/aromatic N) is 6. The number of aromatic nitrogens is 6. The monoisotopic (exact) mass is 485 g/mol. The molecule has 0 saturated carbocycles. The zero-order chi connectivity index (χ0) is 25.2. The van der Waals surface area contributed by atoms with Gasteiger partial charge in [-0.15, -0.1) is 0 Å². The first-order valence-electron chi connectivity index (χ1n) is 10.1. The van der Waals surface area contributed by atoms with Crippen LogP contribution < -0.4 is 5.32 Å². The van der Waals surface area contributed by atoms with Gasteiger partial charge in [-0.3, -0.25) is 4.79 Å². The van der Waals surface area contributed by atoms with Gasteiger partial charge in [-0.1, -0.05) is 0 Å². The molecular weight excluding hydrogens is 467 g/mol. The quantitative estimate of drug-likeness (QED) is 0.417. The third-order valence-corrected chi connectivity index (χ3v) is 4.81. The average Bonchev–Trinajstić information content (AvgIpc) is 3.46. The van der Waals surface area contributed by atoms with E-state index in [1.54, 1.807) is 10.7 Å². The highest BCUT2D eigenvalue weighted by molar-refractivity contribution is 5.96. The van der Waals surface area contributed by atoms with E-state index < -0.39 is 30.2 Å². The first kappa shape index (κ1) is 23.6. The normalized spacial score (nSPS) is 11.3. The number of carbonyl (C=O) groups is 2. The molecule has 180 valence electrons. The lowest BCUT2D eigenvalue weighted by Crippen LogP contribution is -2.22. The maximum absolute atomic E-state index is 13.2. The van der Waals surface area contributed by atoms with Crippen molar-refractivity contribution in [2.75, 3.05) is 11.9 Å². The zero-order valence-corrected chi connectivity index (χ0v) is 18.4. The molecule has 0 bridgehead atoms.